The van der Waals surface area contributed by atoms with Gasteiger partial charge in [0.05, 0.1) is 0 Å². The highest BCUT2D eigenvalue weighted by molar-refractivity contribution is 5.96. The first kappa shape index (κ1) is 16.4. The maximum absolute atomic E-state index is 11.4. The Labute approximate surface area is 121 Å². The van der Waals surface area contributed by atoms with Crippen LogP contribution >= 0.6 is 0 Å². The van der Waals surface area contributed by atoms with Crippen molar-refractivity contribution in [3.8, 4) is 0 Å². The van der Waals surface area contributed by atoms with E-state index < -0.39 is 0 Å². The molecule has 5 N–H and O–H groups in total. The summed E-state index contributed by atoms with van der Waals surface area (Å²) < 4.78 is 0. The molecule has 0 bridgehead atoms. The molecule has 1 aromatic rings. The number of nitrogens with two attached hydrogens (primary N) is 2. The molecule has 0 fully saturated rings. The van der Waals surface area contributed by atoms with Crippen LogP contribution in [-0.2, 0) is 11.2 Å². The zero-order valence-electron chi connectivity index (χ0n) is 12.4. The summed E-state index contributed by atoms with van der Waals surface area (Å²) in [6.45, 7) is 2.71. The van der Waals surface area contributed by atoms with Crippen LogP contribution in [0.5, 0.6) is 0 Å². The average Bonchev–Trinajstić information content (AvgIpc) is 2.44. The standard InChI is InChI=1S/C16H25N3O/c1-12(19-2)10-13-5-7-14(8-6-13)11-15(16(18)20)4-3-9-17/h5-8,11-12,19H,3-4,9-10,17H2,1-2H3,(H2,18,20)/b15-11+. The molecule has 0 saturated carbocycles. The summed E-state index contributed by atoms with van der Waals surface area (Å²) in [5, 5.41) is 3.21. The van der Waals surface area contributed by atoms with Gasteiger partial charge in [-0.05, 0) is 57.0 Å². The van der Waals surface area contributed by atoms with Gasteiger partial charge in [0.2, 0.25) is 5.91 Å². The minimum atomic E-state index is -0.369. The van der Waals surface area contributed by atoms with E-state index in [1.807, 2.05) is 25.3 Å². The number of amides is 1. The molecule has 1 aromatic carbocycles. The van der Waals surface area contributed by atoms with E-state index in [1.54, 1.807) is 0 Å². The lowest BCUT2D eigenvalue weighted by Gasteiger charge is -2.10. The lowest BCUT2D eigenvalue weighted by atomic mass is 10.0. The fourth-order valence-electron chi connectivity index (χ4n) is 1.97. The lowest BCUT2D eigenvalue weighted by molar-refractivity contribution is -0.114. The average molecular weight is 275 g/mol. The highest BCUT2D eigenvalue weighted by atomic mass is 16.1. The van der Waals surface area contributed by atoms with E-state index in [9.17, 15) is 4.79 Å². The van der Waals surface area contributed by atoms with Gasteiger partial charge in [0.1, 0.15) is 0 Å². The molecule has 110 valence electrons. The number of hydrogen-bond acceptors (Lipinski definition) is 3. The molecule has 0 heterocycles. The minimum absolute atomic E-state index is 0.369. The van der Waals surface area contributed by atoms with E-state index in [0.717, 1.165) is 18.4 Å². The smallest absolute Gasteiger partial charge is 0.244 e. The van der Waals surface area contributed by atoms with Crippen LogP contribution in [0, 0.1) is 0 Å². The first-order valence-corrected chi connectivity index (χ1v) is 7.03. The Hall–Kier alpha value is -1.65. The van der Waals surface area contributed by atoms with Gasteiger partial charge in [0.25, 0.3) is 0 Å². The first-order valence-electron chi connectivity index (χ1n) is 7.03. The molecule has 0 aliphatic rings. The molecular formula is C16H25N3O. The highest BCUT2D eigenvalue weighted by Gasteiger charge is 2.05. The molecule has 0 spiro atoms. The summed E-state index contributed by atoms with van der Waals surface area (Å²) in [6, 6.07) is 8.65. The van der Waals surface area contributed by atoms with Crippen molar-refractivity contribution >= 4 is 12.0 Å². The summed E-state index contributed by atoms with van der Waals surface area (Å²) >= 11 is 0. The number of primary amides is 1. The Morgan fingerprint density at radius 1 is 1.35 bits per heavy atom. The van der Waals surface area contributed by atoms with Crippen molar-refractivity contribution < 1.29 is 4.79 Å². The van der Waals surface area contributed by atoms with Gasteiger partial charge in [0, 0.05) is 11.6 Å². The van der Waals surface area contributed by atoms with Crippen LogP contribution in [0.1, 0.15) is 30.9 Å². The van der Waals surface area contributed by atoms with Gasteiger partial charge in [-0.2, -0.15) is 0 Å². The van der Waals surface area contributed by atoms with Gasteiger partial charge in [-0.3, -0.25) is 4.79 Å². The van der Waals surface area contributed by atoms with Gasteiger partial charge < -0.3 is 16.8 Å². The molecule has 1 unspecified atom stereocenters. The third-order valence-electron chi connectivity index (χ3n) is 3.32. The summed E-state index contributed by atoms with van der Waals surface area (Å²) in [6.07, 6.45) is 4.23. The van der Waals surface area contributed by atoms with Crippen molar-refractivity contribution in [1.82, 2.24) is 5.32 Å². The second-order valence-electron chi connectivity index (χ2n) is 5.06. The zero-order valence-corrected chi connectivity index (χ0v) is 12.4. The Morgan fingerprint density at radius 3 is 2.50 bits per heavy atom. The second-order valence-corrected chi connectivity index (χ2v) is 5.06. The van der Waals surface area contributed by atoms with E-state index in [4.69, 9.17) is 11.5 Å². The number of nitrogens with one attached hydrogen (secondary N) is 1. The normalized spacial score (nSPS) is 13.2. The molecular weight excluding hydrogens is 250 g/mol. The maximum atomic E-state index is 11.4. The van der Waals surface area contributed by atoms with E-state index >= 15 is 0 Å². The molecule has 1 amide bonds. The van der Waals surface area contributed by atoms with Crippen molar-refractivity contribution in [1.29, 1.82) is 0 Å². The summed E-state index contributed by atoms with van der Waals surface area (Å²) in [4.78, 5) is 11.4. The second kappa shape index (κ2) is 8.51. The van der Waals surface area contributed by atoms with Crippen LogP contribution in [0.3, 0.4) is 0 Å². The van der Waals surface area contributed by atoms with Crippen LogP contribution in [0.4, 0.5) is 0 Å². The van der Waals surface area contributed by atoms with Crippen LogP contribution < -0.4 is 16.8 Å². The molecule has 20 heavy (non-hydrogen) atoms. The van der Waals surface area contributed by atoms with E-state index in [2.05, 4.69) is 24.4 Å². The van der Waals surface area contributed by atoms with Gasteiger partial charge in [-0.1, -0.05) is 24.3 Å². The first-order chi connectivity index (χ1) is 9.56. The lowest BCUT2D eigenvalue weighted by Crippen LogP contribution is -2.23. The van der Waals surface area contributed by atoms with Crippen molar-refractivity contribution in [2.24, 2.45) is 11.5 Å². The number of rotatable bonds is 8. The number of benzene rings is 1. The van der Waals surface area contributed by atoms with E-state index in [1.165, 1.54) is 5.56 Å². The van der Waals surface area contributed by atoms with Crippen LogP contribution in [0.25, 0.3) is 6.08 Å². The van der Waals surface area contributed by atoms with Gasteiger partial charge in [-0.15, -0.1) is 0 Å². The predicted molar refractivity (Wildman–Crippen MR) is 84.1 cm³/mol. The molecule has 1 atom stereocenters. The number of carbonyl (C=O) groups is 1. The fraction of sp³-hybridized carbons (Fsp3) is 0.438. The number of likely N-dealkylation sites (N-methyl/N-ethyl adjacent to an activating group) is 1. The fourth-order valence-corrected chi connectivity index (χ4v) is 1.97. The molecule has 0 saturated heterocycles. The van der Waals surface area contributed by atoms with Crippen LogP contribution in [0.2, 0.25) is 0 Å². The Bertz CT molecular complexity index is 451. The van der Waals surface area contributed by atoms with E-state index in [0.29, 0.717) is 24.6 Å². The quantitative estimate of drug-likeness (QED) is 0.628. The van der Waals surface area contributed by atoms with Crippen molar-refractivity contribution in [3.63, 3.8) is 0 Å². The Balaban J connectivity index is 2.78. The summed E-state index contributed by atoms with van der Waals surface area (Å²) in [5.41, 5.74) is 13.7. The van der Waals surface area contributed by atoms with Crippen LogP contribution in [0.15, 0.2) is 29.8 Å². The molecule has 0 aliphatic heterocycles. The summed E-state index contributed by atoms with van der Waals surface area (Å²) in [5.74, 6) is -0.369. The van der Waals surface area contributed by atoms with Crippen molar-refractivity contribution in [2.75, 3.05) is 13.6 Å². The summed E-state index contributed by atoms with van der Waals surface area (Å²) in [7, 11) is 1.96. The predicted octanol–water partition coefficient (Wildman–Crippen LogP) is 1.44. The van der Waals surface area contributed by atoms with Crippen molar-refractivity contribution in [3.05, 3.63) is 41.0 Å². The van der Waals surface area contributed by atoms with Gasteiger partial charge in [0.15, 0.2) is 0 Å². The van der Waals surface area contributed by atoms with E-state index in [-0.39, 0.29) is 5.91 Å². The van der Waals surface area contributed by atoms with Crippen molar-refractivity contribution in [2.45, 2.75) is 32.2 Å². The molecule has 4 nitrogen and oxygen atoms in total. The Kier molecular flexibility index (Phi) is 6.98. The monoisotopic (exact) mass is 275 g/mol. The zero-order chi connectivity index (χ0) is 15.0. The topological polar surface area (TPSA) is 81.1 Å². The molecule has 0 aromatic heterocycles. The molecule has 0 radical (unpaired) electrons. The minimum Gasteiger partial charge on any atom is -0.366 e. The molecule has 1 rings (SSSR count). The number of carbonyl (C=O) groups excluding carboxylic acids is 1. The largest absolute Gasteiger partial charge is 0.366 e. The Morgan fingerprint density at radius 2 is 2.00 bits per heavy atom. The third-order valence-corrected chi connectivity index (χ3v) is 3.32. The maximum Gasteiger partial charge on any atom is 0.244 e. The molecule has 0 aliphatic carbocycles. The molecule has 4 heteroatoms. The van der Waals surface area contributed by atoms with Crippen LogP contribution in [-0.4, -0.2) is 25.5 Å². The number of hydrogen-bond donors (Lipinski definition) is 3. The third kappa shape index (κ3) is 5.55. The van der Waals surface area contributed by atoms with Gasteiger partial charge >= 0.3 is 0 Å². The van der Waals surface area contributed by atoms with Gasteiger partial charge in [-0.25, -0.2) is 0 Å². The highest BCUT2D eigenvalue weighted by Crippen LogP contribution is 2.13. The SMILES string of the molecule is CNC(C)Cc1ccc(/C=C(\CCCN)C(N)=O)cc1.